The lowest BCUT2D eigenvalue weighted by molar-refractivity contribution is 0.0389. The van der Waals surface area contributed by atoms with Crippen molar-refractivity contribution in [1.82, 2.24) is 30.3 Å². The number of hydrogen-bond acceptors (Lipinski definition) is 7. The number of aliphatic hydroxyl groups excluding tert-OH is 1. The van der Waals surface area contributed by atoms with Gasteiger partial charge in [0.15, 0.2) is 11.8 Å². The van der Waals surface area contributed by atoms with Gasteiger partial charge in [0.1, 0.15) is 18.5 Å². The molecule has 1 atom stereocenters. The van der Waals surface area contributed by atoms with E-state index in [2.05, 4.69) is 30.7 Å². The molecule has 30 heavy (non-hydrogen) atoms. The molecule has 3 rings (SSSR count). The predicted octanol–water partition coefficient (Wildman–Crippen LogP) is 1.56. The van der Waals surface area contributed by atoms with E-state index in [9.17, 15) is 5.11 Å². The molecule has 0 spiro atoms. The summed E-state index contributed by atoms with van der Waals surface area (Å²) in [6.07, 6.45) is -0.657. The number of guanidine groups is 1. The molecule has 1 aliphatic heterocycles. The summed E-state index contributed by atoms with van der Waals surface area (Å²) in [4.78, 5) is 7.78. The Morgan fingerprint density at radius 3 is 2.73 bits per heavy atom. The third-order valence-corrected chi connectivity index (χ3v) is 6.10. The Hall–Kier alpha value is -0.990. The highest BCUT2D eigenvalue weighted by molar-refractivity contribution is 14.0. The van der Waals surface area contributed by atoms with Gasteiger partial charge in [-0.15, -0.1) is 45.5 Å². The molecule has 0 bridgehead atoms. The first-order valence-electron chi connectivity index (χ1n) is 9.63. The van der Waals surface area contributed by atoms with Crippen molar-refractivity contribution in [3.8, 4) is 0 Å². The Kier molecular flexibility index (Phi) is 10.8. The molecule has 9 nitrogen and oxygen atoms in total. The SMILES string of the molecule is Cc1nnc(CN=C(NCCN2CCOCC2)NCC(O)c2ccc(Cl)s2)n1C.I. The summed E-state index contributed by atoms with van der Waals surface area (Å²) in [5.74, 6) is 2.25. The first-order chi connectivity index (χ1) is 14.0. The molecule has 1 aliphatic rings. The van der Waals surface area contributed by atoms with Crippen molar-refractivity contribution in [3.63, 3.8) is 0 Å². The minimum absolute atomic E-state index is 0. The summed E-state index contributed by atoms with van der Waals surface area (Å²) in [7, 11) is 1.92. The molecule has 2 aromatic heterocycles. The normalized spacial score (nSPS) is 16.2. The Morgan fingerprint density at radius 1 is 1.33 bits per heavy atom. The summed E-state index contributed by atoms with van der Waals surface area (Å²) in [5, 5.41) is 25.2. The highest BCUT2D eigenvalue weighted by Gasteiger charge is 2.13. The van der Waals surface area contributed by atoms with E-state index in [4.69, 9.17) is 16.3 Å². The highest BCUT2D eigenvalue weighted by atomic mass is 127. The number of aryl methyl sites for hydroxylation is 1. The van der Waals surface area contributed by atoms with E-state index >= 15 is 0 Å². The maximum Gasteiger partial charge on any atom is 0.191 e. The third-order valence-electron chi connectivity index (χ3n) is 4.77. The summed E-state index contributed by atoms with van der Waals surface area (Å²) < 4.78 is 7.96. The molecular formula is C18H29ClIN7O2S. The molecule has 0 aromatic carbocycles. The number of rotatable bonds is 8. The third kappa shape index (κ3) is 7.61. The number of hydrogen-bond donors (Lipinski definition) is 3. The fraction of sp³-hybridized carbons (Fsp3) is 0.611. The average Bonchev–Trinajstić information content (AvgIpc) is 3.30. The van der Waals surface area contributed by atoms with Gasteiger partial charge in [0.25, 0.3) is 0 Å². The number of aliphatic imine (C=N–C) groups is 1. The molecule has 0 saturated carbocycles. The number of nitrogens with one attached hydrogen (secondary N) is 2. The van der Waals surface area contributed by atoms with Crippen LogP contribution in [0.25, 0.3) is 0 Å². The minimum atomic E-state index is -0.657. The lowest BCUT2D eigenvalue weighted by Crippen LogP contribution is -2.45. The van der Waals surface area contributed by atoms with Crippen molar-refractivity contribution in [2.24, 2.45) is 12.0 Å². The first-order valence-corrected chi connectivity index (χ1v) is 10.8. The molecule has 0 radical (unpaired) electrons. The average molecular weight is 570 g/mol. The number of aliphatic hydroxyl groups is 1. The Morgan fingerprint density at radius 2 is 2.10 bits per heavy atom. The quantitative estimate of drug-likeness (QED) is 0.252. The lowest BCUT2D eigenvalue weighted by atomic mass is 10.3. The fourth-order valence-corrected chi connectivity index (χ4v) is 3.92. The molecule has 3 N–H and O–H groups in total. The van der Waals surface area contributed by atoms with Gasteiger partial charge in [-0.05, 0) is 19.1 Å². The molecule has 1 saturated heterocycles. The van der Waals surface area contributed by atoms with Crippen LogP contribution in [0, 0.1) is 6.92 Å². The van der Waals surface area contributed by atoms with E-state index in [0.29, 0.717) is 23.4 Å². The van der Waals surface area contributed by atoms with Crippen LogP contribution in [0.2, 0.25) is 4.34 Å². The van der Waals surface area contributed by atoms with Crippen LogP contribution >= 0.6 is 46.9 Å². The standard InChI is InChI=1S/C18H28ClN7O2S.HI/c1-13-23-24-17(25(13)2)12-22-18(20-5-6-26-7-9-28-10-8-26)21-11-14(27)15-3-4-16(19)29-15;/h3-4,14,27H,5-12H2,1-2H3,(H2,20,21,22);1H. The summed E-state index contributed by atoms with van der Waals surface area (Å²) in [6, 6.07) is 3.63. The van der Waals surface area contributed by atoms with E-state index < -0.39 is 6.10 Å². The van der Waals surface area contributed by atoms with Gasteiger partial charge in [0, 0.05) is 44.6 Å². The second-order valence-corrected chi connectivity index (χ2v) is 8.55. The molecule has 168 valence electrons. The predicted molar refractivity (Wildman–Crippen MR) is 130 cm³/mol. The van der Waals surface area contributed by atoms with Crippen LogP contribution < -0.4 is 10.6 Å². The van der Waals surface area contributed by atoms with Crippen molar-refractivity contribution in [2.75, 3.05) is 45.9 Å². The van der Waals surface area contributed by atoms with Gasteiger partial charge in [0.05, 0.1) is 17.6 Å². The zero-order valence-corrected chi connectivity index (χ0v) is 21.1. The van der Waals surface area contributed by atoms with Crippen molar-refractivity contribution >= 4 is 52.9 Å². The van der Waals surface area contributed by atoms with Crippen LogP contribution in [0.15, 0.2) is 17.1 Å². The number of aromatic nitrogens is 3. The van der Waals surface area contributed by atoms with Gasteiger partial charge in [-0.3, -0.25) is 4.90 Å². The molecule has 3 heterocycles. The fourth-order valence-electron chi connectivity index (χ4n) is 2.87. The molecule has 0 amide bonds. The van der Waals surface area contributed by atoms with Crippen molar-refractivity contribution in [2.45, 2.75) is 19.6 Å². The van der Waals surface area contributed by atoms with Crippen LogP contribution in [0.5, 0.6) is 0 Å². The molecule has 0 aliphatic carbocycles. The van der Waals surface area contributed by atoms with Crippen LogP contribution in [0.1, 0.15) is 22.6 Å². The van der Waals surface area contributed by atoms with Gasteiger partial charge in [-0.2, -0.15) is 0 Å². The van der Waals surface area contributed by atoms with Gasteiger partial charge < -0.3 is 25.0 Å². The molecule has 12 heteroatoms. The van der Waals surface area contributed by atoms with E-state index in [1.54, 1.807) is 6.07 Å². The van der Waals surface area contributed by atoms with Crippen molar-refractivity contribution in [1.29, 1.82) is 0 Å². The highest BCUT2D eigenvalue weighted by Crippen LogP contribution is 2.26. The number of morpholine rings is 1. The summed E-state index contributed by atoms with van der Waals surface area (Å²) >= 11 is 7.34. The van der Waals surface area contributed by atoms with Gasteiger partial charge >= 0.3 is 0 Å². The summed E-state index contributed by atoms with van der Waals surface area (Å²) in [5.41, 5.74) is 0. The number of halogens is 2. The largest absolute Gasteiger partial charge is 0.386 e. The van der Waals surface area contributed by atoms with E-state index in [-0.39, 0.29) is 24.0 Å². The zero-order valence-electron chi connectivity index (χ0n) is 17.2. The Labute approximate surface area is 202 Å². The number of nitrogens with zero attached hydrogens (tertiary/aromatic N) is 5. The smallest absolute Gasteiger partial charge is 0.191 e. The second-order valence-electron chi connectivity index (χ2n) is 6.81. The van der Waals surface area contributed by atoms with Crippen LogP contribution in [-0.2, 0) is 18.3 Å². The summed E-state index contributed by atoms with van der Waals surface area (Å²) in [6.45, 7) is 7.71. The van der Waals surface area contributed by atoms with Crippen LogP contribution in [-0.4, -0.2) is 76.7 Å². The number of thiophene rings is 1. The van der Waals surface area contributed by atoms with Gasteiger partial charge in [-0.25, -0.2) is 4.99 Å². The number of ether oxygens (including phenoxy) is 1. The first kappa shape index (κ1) is 25.3. The molecular weight excluding hydrogens is 541 g/mol. The van der Waals surface area contributed by atoms with Gasteiger partial charge in [-0.1, -0.05) is 11.6 Å². The van der Waals surface area contributed by atoms with E-state index in [1.165, 1.54) is 11.3 Å². The van der Waals surface area contributed by atoms with E-state index in [1.807, 2.05) is 24.6 Å². The van der Waals surface area contributed by atoms with Crippen LogP contribution in [0.3, 0.4) is 0 Å². The van der Waals surface area contributed by atoms with Gasteiger partial charge in [0.2, 0.25) is 0 Å². The zero-order chi connectivity index (χ0) is 20.6. The maximum absolute atomic E-state index is 10.4. The monoisotopic (exact) mass is 569 g/mol. The Bertz CT molecular complexity index is 810. The Balaban J connectivity index is 0.00000320. The van der Waals surface area contributed by atoms with Crippen molar-refractivity contribution < 1.29 is 9.84 Å². The molecule has 1 unspecified atom stereocenters. The molecule has 2 aromatic rings. The lowest BCUT2D eigenvalue weighted by Gasteiger charge is -2.26. The topological polar surface area (TPSA) is 99.8 Å². The maximum atomic E-state index is 10.4. The minimum Gasteiger partial charge on any atom is -0.386 e. The van der Waals surface area contributed by atoms with Crippen LogP contribution in [0.4, 0.5) is 0 Å². The van der Waals surface area contributed by atoms with Crippen molar-refractivity contribution in [3.05, 3.63) is 33.0 Å². The second kappa shape index (κ2) is 12.8. The van der Waals surface area contributed by atoms with E-state index in [0.717, 1.165) is 55.9 Å². The molecule has 1 fully saturated rings.